The fourth-order valence-corrected chi connectivity index (χ4v) is 5.51. The van der Waals surface area contributed by atoms with Gasteiger partial charge in [0, 0.05) is 31.6 Å². The molecule has 0 spiro atoms. The molecule has 4 heterocycles. The summed E-state index contributed by atoms with van der Waals surface area (Å²) in [5.74, 6) is -2.95. The van der Waals surface area contributed by atoms with Crippen molar-refractivity contribution in [1.82, 2.24) is 45.6 Å². The highest BCUT2D eigenvalue weighted by molar-refractivity contribution is 5.93. The average molecular weight is 568 g/mol. The number of pyridine rings is 1. The summed E-state index contributed by atoms with van der Waals surface area (Å²) in [5.41, 5.74) is -1.12. The van der Waals surface area contributed by atoms with Crippen molar-refractivity contribution in [2.75, 3.05) is 19.6 Å². The summed E-state index contributed by atoms with van der Waals surface area (Å²) in [7, 11) is 0. The fourth-order valence-electron chi connectivity index (χ4n) is 5.51. The van der Waals surface area contributed by atoms with Gasteiger partial charge in [-0.1, -0.05) is 12.8 Å². The van der Waals surface area contributed by atoms with Crippen LogP contribution in [0.5, 0.6) is 0 Å². The van der Waals surface area contributed by atoms with Crippen LogP contribution in [0.25, 0.3) is 11.4 Å². The third kappa shape index (κ3) is 6.62. The number of tetrazole rings is 1. The molecule has 10 nitrogen and oxygen atoms in total. The number of rotatable bonds is 9. The molecule has 40 heavy (non-hydrogen) atoms. The van der Waals surface area contributed by atoms with E-state index in [4.69, 9.17) is 0 Å². The number of H-pyrrole nitrogens is 1. The second-order valence-electron chi connectivity index (χ2n) is 10.4. The van der Waals surface area contributed by atoms with Crippen LogP contribution in [0.15, 0.2) is 24.4 Å². The number of alkyl halides is 5. The summed E-state index contributed by atoms with van der Waals surface area (Å²) in [6, 6.07) is 2.82. The number of hydrogen-bond acceptors (Lipinski definition) is 7. The second kappa shape index (κ2) is 11.6. The smallest absolute Gasteiger partial charge is 0.347 e. The van der Waals surface area contributed by atoms with Gasteiger partial charge in [0.2, 0.25) is 0 Å². The minimum absolute atomic E-state index is 0.0501. The number of nitrogens with zero attached hydrogens (tertiary/aromatic N) is 7. The van der Waals surface area contributed by atoms with Crippen LogP contribution in [0.4, 0.5) is 22.0 Å². The van der Waals surface area contributed by atoms with Gasteiger partial charge in [0.15, 0.2) is 5.69 Å². The summed E-state index contributed by atoms with van der Waals surface area (Å²) >= 11 is 0. The van der Waals surface area contributed by atoms with Gasteiger partial charge in [0.1, 0.15) is 11.5 Å². The van der Waals surface area contributed by atoms with Gasteiger partial charge < -0.3 is 5.32 Å². The van der Waals surface area contributed by atoms with Crippen molar-refractivity contribution in [3.63, 3.8) is 0 Å². The molecule has 5 rings (SSSR count). The third-order valence-electron chi connectivity index (χ3n) is 7.42. The molecule has 1 saturated heterocycles. The molecule has 3 aromatic rings. The Balaban J connectivity index is 1.39. The van der Waals surface area contributed by atoms with Crippen LogP contribution in [-0.2, 0) is 12.6 Å². The first-order chi connectivity index (χ1) is 19.1. The zero-order chi connectivity index (χ0) is 28.3. The van der Waals surface area contributed by atoms with Gasteiger partial charge in [-0.25, -0.2) is 13.9 Å². The van der Waals surface area contributed by atoms with E-state index >= 15 is 0 Å². The Morgan fingerprint density at radius 2 is 2.02 bits per heavy atom. The lowest BCUT2D eigenvalue weighted by Crippen LogP contribution is -2.45. The highest BCUT2D eigenvalue weighted by Crippen LogP contribution is 2.39. The van der Waals surface area contributed by atoms with E-state index in [2.05, 4.69) is 36.0 Å². The first kappa shape index (κ1) is 28.1. The molecule has 2 N–H and O–H groups in total. The monoisotopic (exact) mass is 567 g/mol. The number of hydrogen-bond donors (Lipinski definition) is 2. The predicted molar refractivity (Wildman–Crippen MR) is 132 cm³/mol. The lowest BCUT2D eigenvalue weighted by atomic mass is 10.0. The second-order valence-corrected chi connectivity index (χ2v) is 10.4. The number of aromatic amines is 1. The predicted octanol–water partition coefficient (Wildman–Crippen LogP) is 4.05. The molecular formula is C25H30F5N9O. The molecule has 2 fully saturated rings. The maximum atomic E-state index is 13.9. The zero-order valence-electron chi connectivity index (χ0n) is 21.7. The topological polar surface area (TPSA) is 118 Å². The van der Waals surface area contributed by atoms with Crippen molar-refractivity contribution in [2.45, 2.75) is 75.5 Å². The number of aromatic nitrogens is 7. The van der Waals surface area contributed by atoms with Crippen LogP contribution in [0, 0.1) is 0 Å². The van der Waals surface area contributed by atoms with Crippen LogP contribution in [0.1, 0.15) is 72.9 Å². The Kier molecular flexibility index (Phi) is 8.10. The number of amides is 1. The molecule has 0 unspecified atom stereocenters. The van der Waals surface area contributed by atoms with Gasteiger partial charge >= 0.3 is 6.18 Å². The first-order valence-electron chi connectivity index (χ1n) is 13.3. The number of carbonyl (C=O) groups is 1. The van der Waals surface area contributed by atoms with Crippen LogP contribution < -0.4 is 5.32 Å². The van der Waals surface area contributed by atoms with Crippen molar-refractivity contribution >= 4 is 5.91 Å². The molecule has 1 atom stereocenters. The van der Waals surface area contributed by atoms with Crippen molar-refractivity contribution in [2.24, 2.45) is 0 Å². The quantitative estimate of drug-likeness (QED) is 0.375. The summed E-state index contributed by atoms with van der Waals surface area (Å²) in [4.78, 5) is 19.1. The number of nitrogens with one attached hydrogen (secondary N) is 2. The Morgan fingerprint density at radius 3 is 2.73 bits per heavy atom. The summed E-state index contributed by atoms with van der Waals surface area (Å²) in [6.45, 7) is 0.492. The normalized spacial score (nSPS) is 19.1. The summed E-state index contributed by atoms with van der Waals surface area (Å²) in [6.07, 6.45) is 0.675. The first-order valence-corrected chi connectivity index (χ1v) is 13.3. The van der Waals surface area contributed by atoms with E-state index in [-0.39, 0.29) is 42.5 Å². The van der Waals surface area contributed by atoms with Gasteiger partial charge in [0.05, 0.1) is 23.8 Å². The van der Waals surface area contributed by atoms with Gasteiger partial charge in [-0.05, 0) is 60.9 Å². The van der Waals surface area contributed by atoms with Crippen molar-refractivity contribution in [3.05, 3.63) is 41.5 Å². The van der Waals surface area contributed by atoms with Gasteiger partial charge in [-0.3, -0.25) is 19.4 Å². The fraction of sp³-hybridized carbons (Fsp3) is 0.600. The van der Waals surface area contributed by atoms with E-state index in [0.717, 1.165) is 31.7 Å². The molecule has 1 aliphatic heterocycles. The van der Waals surface area contributed by atoms with E-state index in [1.54, 1.807) is 4.90 Å². The highest BCUT2D eigenvalue weighted by atomic mass is 19.4. The van der Waals surface area contributed by atoms with Crippen molar-refractivity contribution in [3.8, 4) is 11.4 Å². The molecule has 15 heteroatoms. The summed E-state index contributed by atoms with van der Waals surface area (Å²) in [5, 5.41) is 20.9. The van der Waals surface area contributed by atoms with E-state index in [1.165, 1.54) is 23.0 Å². The van der Waals surface area contributed by atoms with Crippen LogP contribution in [0.3, 0.4) is 0 Å². The molecule has 1 aliphatic carbocycles. The van der Waals surface area contributed by atoms with E-state index in [9.17, 15) is 26.7 Å². The number of carbonyl (C=O) groups excluding carboxylic acids is 1. The molecular weight excluding hydrogens is 537 g/mol. The Bertz CT molecular complexity index is 1290. The molecule has 1 amide bonds. The Labute approximate surface area is 226 Å². The molecule has 3 aromatic heterocycles. The Hall–Kier alpha value is -3.49. The van der Waals surface area contributed by atoms with Gasteiger partial charge in [-0.15, -0.1) is 5.10 Å². The number of piperidine rings is 1. The minimum Gasteiger partial charge on any atom is -0.347 e. The Morgan fingerprint density at radius 1 is 1.23 bits per heavy atom. The lowest BCUT2D eigenvalue weighted by Gasteiger charge is -2.33. The molecule has 1 saturated carbocycles. The van der Waals surface area contributed by atoms with Crippen LogP contribution in [-0.4, -0.2) is 77.8 Å². The van der Waals surface area contributed by atoms with Crippen LogP contribution >= 0.6 is 0 Å². The zero-order valence-corrected chi connectivity index (χ0v) is 21.7. The maximum absolute atomic E-state index is 13.9. The maximum Gasteiger partial charge on any atom is 0.418 e. The molecule has 0 aromatic carbocycles. The third-order valence-corrected chi connectivity index (χ3v) is 7.42. The SMILES string of the molecule is O=C(N[C@@H](CCN1CCCC(F)(F)C1)Cc1nnn[nH]1)c1cc(-c2ncccc2C(F)(F)F)n(C2CCCC2)n1. The average Bonchev–Trinajstić information content (AvgIpc) is 3.68. The van der Waals surface area contributed by atoms with E-state index in [0.29, 0.717) is 31.8 Å². The van der Waals surface area contributed by atoms with E-state index in [1.807, 2.05) is 0 Å². The molecule has 0 radical (unpaired) electrons. The van der Waals surface area contributed by atoms with Gasteiger partial charge in [0.25, 0.3) is 11.8 Å². The largest absolute Gasteiger partial charge is 0.418 e. The van der Waals surface area contributed by atoms with Crippen molar-refractivity contribution < 1.29 is 26.7 Å². The molecule has 216 valence electrons. The van der Waals surface area contributed by atoms with Gasteiger partial charge in [-0.2, -0.15) is 18.3 Å². The molecule has 2 aliphatic rings. The number of halogens is 5. The minimum atomic E-state index is -4.64. The van der Waals surface area contributed by atoms with Crippen LogP contribution in [0.2, 0.25) is 0 Å². The highest BCUT2D eigenvalue weighted by Gasteiger charge is 2.37. The lowest BCUT2D eigenvalue weighted by molar-refractivity contribution is -0.137. The summed E-state index contributed by atoms with van der Waals surface area (Å²) < 4.78 is 70.8. The molecule has 0 bridgehead atoms. The standard InChI is InChI=1S/C25H30F5N9O/c26-24(27)9-4-11-38(15-24)12-8-16(13-21-33-36-37-34-21)32-23(40)19-14-20(39(35-19)17-5-1-2-6-17)22-18(25(28,29)30)7-3-10-31-22/h3,7,10,14,16-17H,1-2,4-6,8-9,11-13,15H2,(H,32,40)(H,33,34,36,37)/t16-/m0/s1. The van der Waals surface area contributed by atoms with E-state index < -0.39 is 29.6 Å². The number of likely N-dealkylation sites (tertiary alicyclic amines) is 1. The van der Waals surface area contributed by atoms with Crippen molar-refractivity contribution in [1.29, 1.82) is 0 Å².